The van der Waals surface area contributed by atoms with Crippen molar-refractivity contribution >= 4 is 39.9 Å². The first kappa shape index (κ1) is 32.2. The fourth-order valence-electron chi connectivity index (χ4n) is 5.44. The molecule has 0 aliphatic carbocycles. The van der Waals surface area contributed by atoms with Crippen LogP contribution in [0.15, 0.2) is 109 Å². The van der Waals surface area contributed by atoms with E-state index in [1.54, 1.807) is 56.3 Å². The minimum atomic E-state index is -1.08. The zero-order chi connectivity index (χ0) is 33.8. The van der Waals surface area contributed by atoms with Gasteiger partial charge in [0.2, 0.25) is 0 Å². The van der Waals surface area contributed by atoms with Crippen LogP contribution in [0.3, 0.4) is 0 Å². The van der Waals surface area contributed by atoms with E-state index >= 15 is 0 Å². The van der Waals surface area contributed by atoms with Gasteiger partial charge in [-0.15, -0.1) is 0 Å². The van der Waals surface area contributed by atoms with Crippen LogP contribution in [0.5, 0.6) is 17.2 Å². The fraction of sp³-hybridized carbons (Fsp3) is 0.158. The van der Waals surface area contributed by atoms with E-state index in [4.69, 9.17) is 14.2 Å². The van der Waals surface area contributed by atoms with E-state index in [-0.39, 0.29) is 27.9 Å². The number of anilines is 1. The maximum absolute atomic E-state index is 13.8. The number of ether oxygens (including phenoxy) is 3. The Labute approximate surface area is 281 Å². The number of ketones is 1. The van der Waals surface area contributed by atoms with Gasteiger partial charge >= 0.3 is 11.9 Å². The lowest BCUT2D eigenvalue weighted by Crippen LogP contribution is -2.29. The quantitative estimate of drug-likeness (QED) is 0.0695. The van der Waals surface area contributed by atoms with E-state index in [2.05, 4.69) is 4.98 Å². The average molecular weight is 661 g/mol. The Morgan fingerprint density at radius 2 is 1.60 bits per heavy atom. The number of thiazole rings is 1. The van der Waals surface area contributed by atoms with Gasteiger partial charge in [-0.2, -0.15) is 0 Å². The third-order valence-corrected chi connectivity index (χ3v) is 8.87. The summed E-state index contributed by atoms with van der Waals surface area (Å²) in [5, 5.41) is 11.9. The molecule has 1 aromatic heterocycles. The van der Waals surface area contributed by atoms with Gasteiger partial charge in [0, 0.05) is 5.56 Å². The minimum absolute atomic E-state index is 0.122. The third-order valence-electron chi connectivity index (χ3n) is 7.73. The number of nitrogens with zero attached hydrogens (tertiary/aromatic N) is 2. The summed E-state index contributed by atoms with van der Waals surface area (Å²) in [6.07, 6.45) is 0. The lowest BCUT2D eigenvalue weighted by atomic mass is 9.94. The van der Waals surface area contributed by atoms with Gasteiger partial charge in [-0.1, -0.05) is 72.0 Å². The van der Waals surface area contributed by atoms with Crippen LogP contribution in [0, 0.1) is 13.8 Å². The summed E-state index contributed by atoms with van der Waals surface area (Å²) < 4.78 is 17.3. The highest BCUT2D eigenvalue weighted by atomic mass is 32.1. The molecule has 0 bridgehead atoms. The second-order valence-electron chi connectivity index (χ2n) is 11.0. The van der Waals surface area contributed by atoms with Gasteiger partial charge in [0.1, 0.15) is 34.5 Å². The third kappa shape index (κ3) is 6.56. The first-order valence-corrected chi connectivity index (χ1v) is 16.1. The number of amides is 1. The summed E-state index contributed by atoms with van der Waals surface area (Å²) in [5.74, 6) is -1.03. The molecular formula is C38H32N2O7S. The standard InChI is InChI=1S/C38H32N2O7S/c1-4-45-37(44)35-24(3)39-38(48-35)40-32(26-14-11-17-29(21-26)47-28-15-9-6-10-16-28)31(34(42)36(40)43)33(41)27-18-19-30(23(2)20-27)46-22-25-12-7-5-8-13-25/h5-21,32,41H,4,22H2,1-3H3/b33-31-. The molecule has 10 heteroatoms. The largest absolute Gasteiger partial charge is 0.507 e. The normalized spacial score (nSPS) is 15.4. The Bertz CT molecular complexity index is 2020. The number of aromatic nitrogens is 1. The number of aliphatic hydroxyl groups excluding tert-OH is 1. The topological polar surface area (TPSA) is 115 Å². The number of para-hydroxylation sites is 1. The summed E-state index contributed by atoms with van der Waals surface area (Å²) in [7, 11) is 0. The van der Waals surface area contributed by atoms with Crippen molar-refractivity contribution in [3.8, 4) is 17.2 Å². The summed E-state index contributed by atoms with van der Waals surface area (Å²) in [6.45, 7) is 5.70. The Hall–Kier alpha value is -5.74. The molecule has 1 aliphatic rings. The van der Waals surface area contributed by atoms with Crippen LogP contribution in [0.25, 0.3) is 5.76 Å². The molecule has 1 atom stereocenters. The number of Topliss-reactive ketones (excluding diaryl/α,β-unsaturated/α-hetero) is 1. The molecule has 9 nitrogen and oxygen atoms in total. The number of hydrogen-bond donors (Lipinski definition) is 1. The molecule has 1 unspecified atom stereocenters. The Morgan fingerprint density at radius 1 is 0.896 bits per heavy atom. The van der Waals surface area contributed by atoms with Crippen LogP contribution in [0.2, 0.25) is 0 Å². The number of rotatable bonds is 10. The summed E-state index contributed by atoms with van der Waals surface area (Å²) in [4.78, 5) is 46.2. The molecular weight excluding hydrogens is 628 g/mol. The summed E-state index contributed by atoms with van der Waals surface area (Å²) >= 11 is 0.949. The molecule has 0 spiro atoms. The zero-order valence-electron chi connectivity index (χ0n) is 26.5. The minimum Gasteiger partial charge on any atom is -0.507 e. The van der Waals surface area contributed by atoms with E-state index in [0.29, 0.717) is 40.7 Å². The number of hydrogen-bond acceptors (Lipinski definition) is 9. The van der Waals surface area contributed by atoms with E-state index in [1.165, 1.54) is 4.90 Å². The molecule has 1 fully saturated rings. The maximum Gasteiger partial charge on any atom is 0.350 e. The van der Waals surface area contributed by atoms with E-state index in [9.17, 15) is 19.5 Å². The molecule has 4 aromatic carbocycles. The second kappa shape index (κ2) is 13.9. The summed E-state index contributed by atoms with van der Waals surface area (Å²) in [6, 6.07) is 29.9. The predicted octanol–water partition coefficient (Wildman–Crippen LogP) is 7.93. The van der Waals surface area contributed by atoms with Gasteiger partial charge < -0.3 is 19.3 Å². The van der Waals surface area contributed by atoms with Crippen LogP contribution in [-0.2, 0) is 20.9 Å². The Morgan fingerprint density at radius 3 is 2.31 bits per heavy atom. The van der Waals surface area contributed by atoms with Crippen molar-refractivity contribution in [2.24, 2.45) is 0 Å². The monoisotopic (exact) mass is 660 g/mol. The number of aliphatic hydroxyl groups is 1. The SMILES string of the molecule is CCOC(=O)c1sc(N2C(=O)C(=O)/C(=C(\O)c3ccc(OCc4ccccc4)c(C)c3)C2c2cccc(Oc3ccccc3)c2)nc1C. The van der Waals surface area contributed by atoms with Crippen LogP contribution < -0.4 is 14.4 Å². The van der Waals surface area contributed by atoms with Gasteiger partial charge in [-0.05, 0) is 79.9 Å². The van der Waals surface area contributed by atoms with E-state index < -0.39 is 23.7 Å². The molecule has 1 aliphatic heterocycles. The molecule has 2 heterocycles. The van der Waals surface area contributed by atoms with Crippen LogP contribution in [0.1, 0.15) is 50.6 Å². The average Bonchev–Trinajstić information content (AvgIpc) is 3.60. The van der Waals surface area contributed by atoms with Crippen molar-refractivity contribution in [2.75, 3.05) is 11.5 Å². The highest BCUT2D eigenvalue weighted by molar-refractivity contribution is 7.17. The molecule has 242 valence electrons. The van der Waals surface area contributed by atoms with Crippen LogP contribution >= 0.6 is 11.3 Å². The highest BCUT2D eigenvalue weighted by Crippen LogP contribution is 2.45. The lowest BCUT2D eigenvalue weighted by molar-refractivity contribution is -0.132. The molecule has 1 amide bonds. The van der Waals surface area contributed by atoms with Gasteiger partial charge in [0.05, 0.1) is 23.9 Å². The maximum atomic E-state index is 13.8. The van der Waals surface area contributed by atoms with Crippen molar-refractivity contribution in [1.82, 2.24) is 4.98 Å². The van der Waals surface area contributed by atoms with Crippen molar-refractivity contribution in [3.05, 3.63) is 142 Å². The lowest BCUT2D eigenvalue weighted by Gasteiger charge is -2.23. The van der Waals surface area contributed by atoms with Gasteiger partial charge in [0.25, 0.3) is 5.78 Å². The molecule has 5 aromatic rings. The first-order valence-electron chi connectivity index (χ1n) is 15.3. The Balaban J connectivity index is 1.42. The molecule has 1 N–H and O–H groups in total. The van der Waals surface area contributed by atoms with Gasteiger partial charge in [-0.3, -0.25) is 14.5 Å². The van der Waals surface area contributed by atoms with Crippen molar-refractivity contribution in [2.45, 2.75) is 33.4 Å². The molecule has 0 saturated carbocycles. The molecule has 0 radical (unpaired) electrons. The highest BCUT2D eigenvalue weighted by Gasteiger charge is 2.48. The number of aryl methyl sites for hydroxylation is 2. The van der Waals surface area contributed by atoms with Crippen molar-refractivity contribution in [1.29, 1.82) is 0 Å². The fourth-order valence-corrected chi connectivity index (χ4v) is 6.43. The zero-order valence-corrected chi connectivity index (χ0v) is 27.3. The second-order valence-corrected chi connectivity index (χ2v) is 12.0. The van der Waals surface area contributed by atoms with Crippen molar-refractivity contribution in [3.63, 3.8) is 0 Å². The number of benzene rings is 4. The summed E-state index contributed by atoms with van der Waals surface area (Å²) in [5.41, 5.74) is 2.80. The van der Waals surface area contributed by atoms with Crippen molar-refractivity contribution < 1.29 is 33.7 Å². The van der Waals surface area contributed by atoms with Crippen LogP contribution in [0.4, 0.5) is 5.13 Å². The smallest absolute Gasteiger partial charge is 0.350 e. The first-order chi connectivity index (χ1) is 23.2. The van der Waals surface area contributed by atoms with E-state index in [1.807, 2.05) is 67.6 Å². The van der Waals surface area contributed by atoms with E-state index in [0.717, 1.165) is 22.5 Å². The predicted molar refractivity (Wildman–Crippen MR) is 183 cm³/mol. The number of carbonyl (C=O) groups excluding carboxylic acids is 3. The molecule has 48 heavy (non-hydrogen) atoms. The number of esters is 1. The van der Waals surface area contributed by atoms with Gasteiger partial charge in [-0.25, -0.2) is 9.78 Å². The number of carbonyl (C=O) groups is 3. The van der Waals surface area contributed by atoms with Crippen LogP contribution in [-0.4, -0.2) is 34.4 Å². The molecule has 6 rings (SSSR count). The molecule has 1 saturated heterocycles. The Kier molecular flexibility index (Phi) is 9.36. The van der Waals surface area contributed by atoms with Gasteiger partial charge in [0.15, 0.2) is 5.13 Å².